The van der Waals surface area contributed by atoms with Gasteiger partial charge < -0.3 is 10.3 Å². The van der Waals surface area contributed by atoms with E-state index in [-0.39, 0.29) is 0 Å². The molecule has 0 aliphatic carbocycles. The lowest BCUT2D eigenvalue weighted by Crippen LogP contribution is -1.88. The lowest BCUT2D eigenvalue weighted by molar-refractivity contribution is 0.436. The highest BCUT2D eigenvalue weighted by atomic mass is 32.1. The maximum absolute atomic E-state index is 5.92. The summed E-state index contributed by atoms with van der Waals surface area (Å²) in [5.41, 5.74) is 10.0. The Hall–Kier alpha value is -2.07. The van der Waals surface area contributed by atoms with E-state index in [1.807, 2.05) is 29.0 Å². The minimum absolute atomic E-state index is 0.431. The van der Waals surface area contributed by atoms with Gasteiger partial charge in [0.25, 0.3) is 0 Å². The molecule has 0 unspecified atom stereocenters. The molecule has 2 N–H and O–H groups in total. The van der Waals surface area contributed by atoms with E-state index < -0.39 is 0 Å². The molecule has 0 atom stereocenters. The number of rotatable bonds is 2. The Bertz CT molecular complexity index is 654. The molecule has 3 aromatic rings. The Morgan fingerprint density at radius 2 is 1.89 bits per heavy atom. The monoisotopic (exact) mass is 256 g/mol. The van der Waals surface area contributed by atoms with Gasteiger partial charge in [-0.15, -0.1) is 0 Å². The van der Waals surface area contributed by atoms with Gasteiger partial charge in [0.05, 0.1) is 5.56 Å². The lowest BCUT2D eigenvalue weighted by atomic mass is 10.0. The molecule has 1 aromatic carbocycles. The highest BCUT2D eigenvalue weighted by Gasteiger charge is 2.17. The van der Waals surface area contributed by atoms with Crippen LogP contribution < -0.4 is 5.73 Å². The molecule has 0 aliphatic heterocycles. The molecular formula is C14H12N2OS. The van der Waals surface area contributed by atoms with Crippen LogP contribution in [0.2, 0.25) is 0 Å². The summed E-state index contributed by atoms with van der Waals surface area (Å²) in [6.07, 6.45) is 0. The van der Waals surface area contributed by atoms with Gasteiger partial charge in [0.1, 0.15) is 0 Å². The van der Waals surface area contributed by atoms with E-state index >= 15 is 0 Å². The Balaban J connectivity index is 2.17. The molecule has 0 spiro atoms. The van der Waals surface area contributed by atoms with Crippen LogP contribution >= 0.6 is 11.3 Å². The number of nitrogen functional groups attached to an aromatic ring is 1. The Labute approximate surface area is 109 Å². The van der Waals surface area contributed by atoms with Gasteiger partial charge in [-0.2, -0.15) is 11.3 Å². The standard InChI is InChI=1S/C14H12N2OS/c1-9-2-4-10(5-3-9)12-13(17-16-14(12)15)11-6-7-18-8-11/h2-8H,1H3,(H2,15,16). The fraction of sp³-hybridized carbons (Fsp3) is 0.0714. The van der Waals surface area contributed by atoms with E-state index in [1.54, 1.807) is 11.3 Å². The first kappa shape index (κ1) is 11.0. The van der Waals surface area contributed by atoms with Gasteiger partial charge in [0, 0.05) is 10.9 Å². The number of hydrogen-bond donors (Lipinski definition) is 1. The summed E-state index contributed by atoms with van der Waals surface area (Å²) < 4.78 is 5.36. The van der Waals surface area contributed by atoms with E-state index in [2.05, 4.69) is 24.2 Å². The van der Waals surface area contributed by atoms with Crippen molar-refractivity contribution < 1.29 is 4.52 Å². The third-order valence-corrected chi connectivity index (χ3v) is 3.53. The van der Waals surface area contributed by atoms with Crippen LogP contribution in [0, 0.1) is 6.92 Å². The maximum Gasteiger partial charge on any atom is 0.177 e. The zero-order chi connectivity index (χ0) is 12.5. The molecule has 0 amide bonds. The summed E-state index contributed by atoms with van der Waals surface area (Å²) in [5.74, 6) is 1.16. The smallest absolute Gasteiger partial charge is 0.177 e. The number of anilines is 1. The average Bonchev–Trinajstić information content (AvgIpc) is 2.99. The summed E-state index contributed by atoms with van der Waals surface area (Å²) in [5, 5.41) is 7.91. The van der Waals surface area contributed by atoms with E-state index in [9.17, 15) is 0 Å². The fourth-order valence-electron chi connectivity index (χ4n) is 1.89. The normalized spacial score (nSPS) is 10.7. The van der Waals surface area contributed by atoms with Crippen LogP contribution in [0.15, 0.2) is 45.6 Å². The van der Waals surface area contributed by atoms with Crippen molar-refractivity contribution in [3.63, 3.8) is 0 Å². The van der Waals surface area contributed by atoms with Gasteiger partial charge in [-0.05, 0) is 23.9 Å². The lowest BCUT2D eigenvalue weighted by Gasteiger charge is -2.01. The molecule has 3 nitrogen and oxygen atoms in total. The number of aryl methyl sites for hydroxylation is 1. The number of benzene rings is 1. The second-order valence-electron chi connectivity index (χ2n) is 4.15. The van der Waals surface area contributed by atoms with Crippen molar-refractivity contribution in [2.24, 2.45) is 0 Å². The molecule has 4 heteroatoms. The van der Waals surface area contributed by atoms with Crippen molar-refractivity contribution in [3.05, 3.63) is 46.7 Å². The van der Waals surface area contributed by atoms with Gasteiger partial charge in [0.15, 0.2) is 11.6 Å². The van der Waals surface area contributed by atoms with Crippen LogP contribution in [0.3, 0.4) is 0 Å². The molecule has 2 aromatic heterocycles. The first-order valence-electron chi connectivity index (χ1n) is 5.60. The average molecular weight is 256 g/mol. The summed E-state index contributed by atoms with van der Waals surface area (Å²) in [7, 11) is 0. The quantitative estimate of drug-likeness (QED) is 0.755. The zero-order valence-corrected chi connectivity index (χ0v) is 10.7. The van der Waals surface area contributed by atoms with Gasteiger partial charge in [0.2, 0.25) is 0 Å². The maximum atomic E-state index is 5.92. The molecule has 0 aliphatic rings. The minimum Gasteiger partial charge on any atom is -0.380 e. The predicted molar refractivity (Wildman–Crippen MR) is 74.4 cm³/mol. The Morgan fingerprint density at radius 3 is 2.56 bits per heavy atom. The van der Waals surface area contributed by atoms with Crippen molar-refractivity contribution in [1.29, 1.82) is 0 Å². The number of thiophene rings is 1. The fourth-order valence-corrected chi connectivity index (χ4v) is 2.53. The SMILES string of the molecule is Cc1ccc(-c2c(N)noc2-c2ccsc2)cc1. The van der Waals surface area contributed by atoms with Crippen molar-refractivity contribution in [2.45, 2.75) is 6.92 Å². The zero-order valence-electron chi connectivity index (χ0n) is 9.88. The van der Waals surface area contributed by atoms with Crippen molar-refractivity contribution in [2.75, 3.05) is 5.73 Å². The molecule has 0 fully saturated rings. The molecular weight excluding hydrogens is 244 g/mol. The van der Waals surface area contributed by atoms with E-state index in [4.69, 9.17) is 10.3 Å². The molecule has 0 saturated heterocycles. The summed E-state index contributed by atoms with van der Waals surface area (Å²) in [6.45, 7) is 2.06. The van der Waals surface area contributed by atoms with Crippen LogP contribution in [0.1, 0.15) is 5.56 Å². The number of aromatic nitrogens is 1. The minimum atomic E-state index is 0.431. The van der Waals surface area contributed by atoms with Gasteiger partial charge in [-0.3, -0.25) is 0 Å². The second kappa shape index (κ2) is 4.31. The van der Waals surface area contributed by atoms with Crippen LogP contribution in [-0.2, 0) is 0 Å². The molecule has 3 rings (SSSR count). The first-order valence-corrected chi connectivity index (χ1v) is 6.55. The highest BCUT2D eigenvalue weighted by Crippen LogP contribution is 2.37. The van der Waals surface area contributed by atoms with Crippen molar-refractivity contribution in [3.8, 4) is 22.5 Å². The molecule has 2 heterocycles. The molecule has 90 valence electrons. The first-order chi connectivity index (χ1) is 8.75. The number of nitrogens with two attached hydrogens (primary N) is 1. The van der Waals surface area contributed by atoms with Crippen LogP contribution in [-0.4, -0.2) is 5.16 Å². The third-order valence-electron chi connectivity index (χ3n) is 2.84. The summed E-state index contributed by atoms with van der Waals surface area (Å²) in [6, 6.07) is 10.2. The largest absolute Gasteiger partial charge is 0.380 e. The van der Waals surface area contributed by atoms with Crippen LogP contribution in [0.5, 0.6) is 0 Å². The molecule has 0 radical (unpaired) electrons. The molecule has 0 bridgehead atoms. The Morgan fingerprint density at radius 1 is 1.11 bits per heavy atom. The van der Waals surface area contributed by atoms with Gasteiger partial charge >= 0.3 is 0 Å². The van der Waals surface area contributed by atoms with Crippen LogP contribution in [0.4, 0.5) is 5.82 Å². The van der Waals surface area contributed by atoms with Crippen LogP contribution in [0.25, 0.3) is 22.5 Å². The summed E-state index contributed by atoms with van der Waals surface area (Å²) in [4.78, 5) is 0. The second-order valence-corrected chi connectivity index (χ2v) is 4.93. The van der Waals surface area contributed by atoms with E-state index in [0.29, 0.717) is 5.82 Å². The van der Waals surface area contributed by atoms with Crippen molar-refractivity contribution in [1.82, 2.24) is 5.16 Å². The summed E-state index contributed by atoms with van der Waals surface area (Å²) >= 11 is 1.62. The molecule has 0 saturated carbocycles. The number of nitrogens with zero attached hydrogens (tertiary/aromatic N) is 1. The highest BCUT2D eigenvalue weighted by molar-refractivity contribution is 7.08. The van der Waals surface area contributed by atoms with Crippen molar-refractivity contribution >= 4 is 17.2 Å². The van der Waals surface area contributed by atoms with Gasteiger partial charge in [-0.1, -0.05) is 35.0 Å². The topological polar surface area (TPSA) is 52.0 Å². The predicted octanol–water partition coefficient (Wildman–Crippen LogP) is 3.96. The van der Waals surface area contributed by atoms with E-state index in [1.165, 1.54) is 5.56 Å². The third kappa shape index (κ3) is 1.80. The molecule has 18 heavy (non-hydrogen) atoms. The Kier molecular flexibility index (Phi) is 2.64. The van der Waals surface area contributed by atoms with Gasteiger partial charge in [-0.25, -0.2) is 0 Å². The number of hydrogen-bond acceptors (Lipinski definition) is 4. The van der Waals surface area contributed by atoms with E-state index in [0.717, 1.165) is 22.5 Å².